The molecule has 7 heteroatoms. The monoisotopic (exact) mass is 558 g/mol. The summed E-state index contributed by atoms with van der Waals surface area (Å²) in [5.41, 5.74) is 4.43. The van der Waals surface area contributed by atoms with E-state index < -0.39 is 11.6 Å². The number of benzene rings is 4. The number of nitrogens with one attached hydrogen (secondary N) is 1. The predicted molar refractivity (Wildman–Crippen MR) is 163 cm³/mol. The van der Waals surface area contributed by atoms with Crippen LogP contribution in [0.15, 0.2) is 128 Å². The van der Waals surface area contributed by atoms with Crippen LogP contribution >= 0.6 is 0 Å². The third-order valence-corrected chi connectivity index (χ3v) is 7.59. The van der Waals surface area contributed by atoms with Crippen LogP contribution in [0, 0.1) is 6.92 Å². The lowest BCUT2D eigenvalue weighted by Gasteiger charge is -2.37. The van der Waals surface area contributed by atoms with E-state index in [-0.39, 0.29) is 18.2 Å². The van der Waals surface area contributed by atoms with Gasteiger partial charge in [-0.05, 0) is 35.2 Å². The summed E-state index contributed by atoms with van der Waals surface area (Å²) >= 11 is 0. The number of hydrogen-bond donors (Lipinski definition) is 1. The number of imidazole rings is 1. The molecule has 1 N–H and O–H groups in total. The molecule has 2 amide bonds. The first-order valence-corrected chi connectivity index (χ1v) is 13.8. The van der Waals surface area contributed by atoms with E-state index in [1.165, 1.54) is 14.2 Å². The molecular formula is C35H34N4O3. The van der Waals surface area contributed by atoms with Gasteiger partial charge in [-0.1, -0.05) is 109 Å². The number of likely N-dealkylation sites (N-methyl/N-ethyl adjacent to an activating group) is 1. The van der Waals surface area contributed by atoms with Crippen LogP contribution in [-0.2, 0) is 21.6 Å². The smallest absolute Gasteiger partial charge is 0.268 e. The minimum absolute atomic E-state index is 0.172. The number of aryl methyl sites for hydroxylation is 1. The summed E-state index contributed by atoms with van der Waals surface area (Å²) in [6.45, 7) is 1.87. The van der Waals surface area contributed by atoms with Crippen molar-refractivity contribution in [1.29, 1.82) is 0 Å². The zero-order chi connectivity index (χ0) is 29.5. The van der Waals surface area contributed by atoms with Gasteiger partial charge in [0.1, 0.15) is 11.6 Å². The SMILES string of the molecule is CON(C)C(=O)[C@H](Cc1cn(C(c2ccccc2)(c2ccccc2)c2ccccc2)cn1)NC(=O)c1ccccc1C. The number of amides is 2. The highest BCUT2D eigenvalue weighted by atomic mass is 16.7. The zero-order valence-corrected chi connectivity index (χ0v) is 24.0. The van der Waals surface area contributed by atoms with Crippen molar-refractivity contribution in [3.05, 3.63) is 161 Å². The molecule has 0 saturated carbocycles. The maximum atomic E-state index is 13.4. The van der Waals surface area contributed by atoms with Crippen molar-refractivity contribution >= 4 is 11.8 Å². The number of carbonyl (C=O) groups is 2. The molecule has 4 aromatic carbocycles. The van der Waals surface area contributed by atoms with Gasteiger partial charge in [0.15, 0.2) is 0 Å². The molecule has 5 aromatic rings. The van der Waals surface area contributed by atoms with E-state index >= 15 is 0 Å². The standard InChI is InChI=1S/C35H34N4O3/c1-26-15-13-14-22-31(26)33(40)37-32(34(41)38(2)42-3)23-30-24-39(25-36-30)35(27-16-7-4-8-17-27,28-18-9-5-10-19-28)29-20-11-6-12-21-29/h4-22,24-25,32H,23H2,1-3H3,(H,37,40)/t32-/m0/s1. The third kappa shape index (κ3) is 5.60. The highest BCUT2D eigenvalue weighted by Gasteiger charge is 2.38. The van der Waals surface area contributed by atoms with Gasteiger partial charge in [-0.15, -0.1) is 0 Å². The fourth-order valence-corrected chi connectivity index (χ4v) is 5.42. The number of hydrogen-bond acceptors (Lipinski definition) is 4. The minimum Gasteiger partial charge on any atom is -0.340 e. The van der Waals surface area contributed by atoms with Crippen LogP contribution in [0.4, 0.5) is 0 Å². The third-order valence-electron chi connectivity index (χ3n) is 7.59. The van der Waals surface area contributed by atoms with Gasteiger partial charge in [0.05, 0.1) is 19.1 Å². The van der Waals surface area contributed by atoms with Crippen LogP contribution in [0.1, 0.15) is 38.3 Å². The van der Waals surface area contributed by atoms with Crippen LogP contribution in [0.5, 0.6) is 0 Å². The average molecular weight is 559 g/mol. The van der Waals surface area contributed by atoms with E-state index in [1.807, 2.05) is 79.9 Å². The number of aromatic nitrogens is 2. The molecule has 0 radical (unpaired) electrons. The summed E-state index contributed by atoms with van der Waals surface area (Å²) in [4.78, 5) is 36.5. The Morgan fingerprint density at radius 2 is 1.33 bits per heavy atom. The summed E-state index contributed by atoms with van der Waals surface area (Å²) in [5, 5.41) is 4.05. The van der Waals surface area contributed by atoms with Gasteiger partial charge in [-0.2, -0.15) is 0 Å². The van der Waals surface area contributed by atoms with Gasteiger partial charge in [0.25, 0.3) is 11.8 Å². The van der Waals surface area contributed by atoms with Crippen molar-refractivity contribution in [3.63, 3.8) is 0 Å². The van der Waals surface area contributed by atoms with Crippen LogP contribution in [0.25, 0.3) is 0 Å². The molecule has 1 atom stereocenters. The molecule has 0 aliphatic heterocycles. The normalized spacial score (nSPS) is 12.0. The Hall–Kier alpha value is -5.01. The molecule has 42 heavy (non-hydrogen) atoms. The second kappa shape index (κ2) is 12.7. The molecular weight excluding hydrogens is 524 g/mol. The molecule has 0 fully saturated rings. The first-order valence-electron chi connectivity index (χ1n) is 13.8. The lowest BCUT2D eigenvalue weighted by Crippen LogP contribution is -2.48. The zero-order valence-electron chi connectivity index (χ0n) is 24.0. The summed E-state index contributed by atoms with van der Waals surface area (Å²) < 4.78 is 2.09. The van der Waals surface area contributed by atoms with Crippen molar-refractivity contribution < 1.29 is 14.4 Å². The maximum Gasteiger partial charge on any atom is 0.268 e. The maximum absolute atomic E-state index is 13.4. The van der Waals surface area contributed by atoms with Gasteiger partial charge in [0.2, 0.25) is 0 Å². The Labute approximate surface area is 246 Å². The fourth-order valence-electron chi connectivity index (χ4n) is 5.42. The van der Waals surface area contributed by atoms with Gasteiger partial charge in [0, 0.05) is 25.2 Å². The summed E-state index contributed by atoms with van der Waals surface area (Å²) in [6.07, 6.45) is 3.93. The molecule has 0 saturated heterocycles. The second-order valence-corrected chi connectivity index (χ2v) is 10.1. The second-order valence-electron chi connectivity index (χ2n) is 10.1. The number of nitrogens with zero attached hydrogens (tertiary/aromatic N) is 3. The number of hydroxylamine groups is 2. The van der Waals surface area contributed by atoms with Crippen molar-refractivity contribution in [2.75, 3.05) is 14.2 Å². The molecule has 7 nitrogen and oxygen atoms in total. The van der Waals surface area contributed by atoms with E-state index in [1.54, 1.807) is 18.5 Å². The molecule has 5 rings (SSSR count). The molecule has 1 heterocycles. The summed E-state index contributed by atoms with van der Waals surface area (Å²) in [7, 11) is 2.94. The Balaban J connectivity index is 1.58. The number of carbonyl (C=O) groups excluding carboxylic acids is 2. The van der Waals surface area contributed by atoms with E-state index in [9.17, 15) is 9.59 Å². The first-order chi connectivity index (χ1) is 20.4. The molecule has 0 aliphatic carbocycles. The van der Waals surface area contributed by atoms with Crippen molar-refractivity contribution in [3.8, 4) is 0 Å². The molecule has 212 valence electrons. The van der Waals surface area contributed by atoms with Crippen molar-refractivity contribution in [1.82, 2.24) is 19.9 Å². The Kier molecular flexibility index (Phi) is 8.60. The summed E-state index contributed by atoms with van der Waals surface area (Å²) in [6, 6.07) is 37.3. The Morgan fingerprint density at radius 3 is 1.83 bits per heavy atom. The molecule has 0 unspecified atom stereocenters. The lowest BCUT2D eigenvalue weighted by atomic mass is 9.77. The Morgan fingerprint density at radius 1 is 0.833 bits per heavy atom. The molecule has 0 aliphatic rings. The summed E-state index contributed by atoms with van der Waals surface area (Å²) in [5.74, 6) is -0.711. The predicted octanol–water partition coefficient (Wildman–Crippen LogP) is 5.39. The molecule has 1 aromatic heterocycles. The van der Waals surface area contributed by atoms with Crippen molar-refractivity contribution in [2.45, 2.75) is 24.9 Å². The van der Waals surface area contributed by atoms with E-state index in [4.69, 9.17) is 9.82 Å². The Bertz CT molecular complexity index is 1540. The van der Waals surface area contributed by atoms with Gasteiger partial charge in [-0.25, -0.2) is 10.0 Å². The van der Waals surface area contributed by atoms with E-state index in [0.29, 0.717) is 11.3 Å². The van der Waals surface area contributed by atoms with Crippen LogP contribution in [-0.4, -0.2) is 46.6 Å². The fraction of sp³-hybridized carbons (Fsp3) is 0.171. The van der Waals surface area contributed by atoms with Gasteiger partial charge >= 0.3 is 0 Å². The lowest BCUT2D eigenvalue weighted by molar-refractivity contribution is -0.170. The number of rotatable bonds is 10. The van der Waals surface area contributed by atoms with E-state index in [0.717, 1.165) is 27.3 Å². The quantitative estimate of drug-likeness (QED) is 0.184. The van der Waals surface area contributed by atoms with Crippen LogP contribution < -0.4 is 5.32 Å². The minimum atomic E-state index is -0.898. The van der Waals surface area contributed by atoms with E-state index in [2.05, 4.69) is 46.3 Å². The van der Waals surface area contributed by atoms with Crippen LogP contribution in [0.3, 0.4) is 0 Å². The largest absolute Gasteiger partial charge is 0.340 e. The highest BCUT2D eigenvalue weighted by Crippen LogP contribution is 2.40. The van der Waals surface area contributed by atoms with Gasteiger partial charge in [-0.3, -0.25) is 14.4 Å². The topological polar surface area (TPSA) is 76.5 Å². The highest BCUT2D eigenvalue weighted by molar-refractivity contribution is 5.98. The molecule has 0 spiro atoms. The molecule has 0 bridgehead atoms. The van der Waals surface area contributed by atoms with Crippen molar-refractivity contribution in [2.24, 2.45) is 0 Å². The average Bonchev–Trinajstić information content (AvgIpc) is 3.50. The first kappa shape index (κ1) is 28.5. The van der Waals surface area contributed by atoms with Crippen LogP contribution in [0.2, 0.25) is 0 Å². The van der Waals surface area contributed by atoms with Gasteiger partial charge < -0.3 is 9.88 Å².